The predicted octanol–water partition coefficient (Wildman–Crippen LogP) is 1.36. The molecule has 138 valence electrons. The third kappa shape index (κ3) is 4.59. The zero-order valence-electron chi connectivity index (χ0n) is 15.1. The molecule has 1 heterocycles. The number of fused-ring (bicyclic) bond motifs is 1. The Morgan fingerprint density at radius 1 is 1.04 bits per heavy atom. The topological polar surface area (TPSA) is 61.9 Å². The van der Waals surface area contributed by atoms with Crippen molar-refractivity contribution in [2.75, 3.05) is 53.0 Å². The van der Waals surface area contributed by atoms with E-state index >= 15 is 0 Å². The number of methoxy groups -OCH3 is 1. The van der Waals surface area contributed by atoms with Crippen LogP contribution >= 0.6 is 0 Å². The number of benzene rings is 2. The van der Waals surface area contributed by atoms with Crippen molar-refractivity contribution in [2.45, 2.75) is 0 Å². The first-order chi connectivity index (χ1) is 12.7. The number of carbonyl (C=O) groups excluding carboxylic acids is 2. The van der Waals surface area contributed by atoms with E-state index in [4.69, 9.17) is 4.74 Å². The van der Waals surface area contributed by atoms with Gasteiger partial charge in [0, 0.05) is 45.4 Å². The van der Waals surface area contributed by atoms with Gasteiger partial charge in [-0.05, 0) is 22.9 Å². The molecule has 6 nitrogen and oxygen atoms in total. The van der Waals surface area contributed by atoms with Gasteiger partial charge in [0.25, 0.3) is 5.91 Å². The van der Waals surface area contributed by atoms with E-state index in [0.29, 0.717) is 45.9 Å². The largest absolute Gasteiger partial charge is 0.383 e. The maximum atomic E-state index is 12.8. The van der Waals surface area contributed by atoms with E-state index in [1.807, 2.05) is 47.4 Å². The van der Waals surface area contributed by atoms with Crippen molar-refractivity contribution in [3.8, 4) is 0 Å². The van der Waals surface area contributed by atoms with Crippen LogP contribution in [0.4, 0.5) is 0 Å². The van der Waals surface area contributed by atoms with Gasteiger partial charge in [-0.25, -0.2) is 0 Å². The molecule has 0 aliphatic carbocycles. The van der Waals surface area contributed by atoms with Crippen LogP contribution in [0.2, 0.25) is 0 Å². The van der Waals surface area contributed by atoms with Crippen LogP contribution in [0.1, 0.15) is 10.4 Å². The second-order valence-electron chi connectivity index (χ2n) is 6.47. The normalized spacial score (nSPS) is 15.2. The number of nitrogens with zero attached hydrogens (tertiary/aromatic N) is 2. The zero-order valence-corrected chi connectivity index (χ0v) is 15.1. The van der Waals surface area contributed by atoms with E-state index < -0.39 is 0 Å². The molecule has 0 radical (unpaired) electrons. The molecule has 0 bridgehead atoms. The van der Waals surface area contributed by atoms with E-state index in [0.717, 1.165) is 16.3 Å². The highest BCUT2D eigenvalue weighted by Crippen LogP contribution is 2.17. The van der Waals surface area contributed by atoms with Crippen molar-refractivity contribution in [2.24, 2.45) is 0 Å². The number of nitrogens with one attached hydrogen (secondary N) is 1. The summed E-state index contributed by atoms with van der Waals surface area (Å²) in [5.74, 6) is 0.0521. The Labute approximate surface area is 153 Å². The van der Waals surface area contributed by atoms with Crippen LogP contribution in [0.25, 0.3) is 10.8 Å². The van der Waals surface area contributed by atoms with Crippen LogP contribution in [-0.2, 0) is 9.53 Å². The van der Waals surface area contributed by atoms with E-state index in [1.54, 1.807) is 7.11 Å². The van der Waals surface area contributed by atoms with Gasteiger partial charge >= 0.3 is 0 Å². The second-order valence-corrected chi connectivity index (χ2v) is 6.47. The molecule has 1 aliphatic rings. The highest BCUT2D eigenvalue weighted by molar-refractivity contribution is 5.98. The van der Waals surface area contributed by atoms with Crippen molar-refractivity contribution >= 4 is 22.6 Å². The SMILES string of the molecule is COCCNC(=O)CN1CCN(C(=O)c2ccc3ccccc3c2)CC1. The number of carbonyl (C=O) groups is 2. The van der Waals surface area contributed by atoms with Gasteiger partial charge in [-0.1, -0.05) is 30.3 Å². The lowest BCUT2D eigenvalue weighted by Gasteiger charge is -2.34. The average Bonchev–Trinajstić information content (AvgIpc) is 2.68. The van der Waals surface area contributed by atoms with Crippen LogP contribution in [0.5, 0.6) is 0 Å². The summed E-state index contributed by atoms with van der Waals surface area (Å²) < 4.78 is 4.92. The molecule has 0 saturated carbocycles. The highest BCUT2D eigenvalue weighted by atomic mass is 16.5. The van der Waals surface area contributed by atoms with Gasteiger partial charge in [0.05, 0.1) is 13.2 Å². The standard InChI is InChI=1S/C20H25N3O3/c1-26-13-8-21-19(24)15-22-9-11-23(12-10-22)20(25)18-7-6-16-4-2-3-5-17(16)14-18/h2-7,14H,8-13,15H2,1H3,(H,21,24). The quantitative estimate of drug-likeness (QED) is 0.795. The molecule has 0 spiro atoms. The fourth-order valence-electron chi connectivity index (χ4n) is 3.17. The fraction of sp³-hybridized carbons (Fsp3) is 0.400. The summed E-state index contributed by atoms with van der Waals surface area (Å²) in [7, 11) is 1.61. The Morgan fingerprint density at radius 3 is 2.50 bits per heavy atom. The summed E-state index contributed by atoms with van der Waals surface area (Å²) in [6.07, 6.45) is 0. The molecular weight excluding hydrogens is 330 g/mol. The van der Waals surface area contributed by atoms with Crippen molar-refractivity contribution in [3.63, 3.8) is 0 Å². The summed E-state index contributed by atoms with van der Waals surface area (Å²) in [5.41, 5.74) is 0.717. The Morgan fingerprint density at radius 2 is 1.77 bits per heavy atom. The maximum Gasteiger partial charge on any atom is 0.253 e. The van der Waals surface area contributed by atoms with E-state index in [2.05, 4.69) is 10.2 Å². The molecule has 1 fully saturated rings. The molecule has 1 N–H and O–H groups in total. The first-order valence-corrected chi connectivity index (χ1v) is 8.93. The van der Waals surface area contributed by atoms with Crippen molar-refractivity contribution in [3.05, 3.63) is 48.0 Å². The molecular formula is C20H25N3O3. The lowest BCUT2D eigenvalue weighted by atomic mass is 10.1. The summed E-state index contributed by atoms with van der Waals surface area (Å²) in [6, 6.07) is 13.9. The van der Waals surface area contributed by atoms with Gasteiger partial charge in [-0.2, -0.15) is 0 Å². The predicted molar refractivity (Wildman–Crippen MR) is 101 cm³/mol. The first kappa shape index (κ1) is 18.4. The van der Waals surface area contributed by atoms with Crippen molar-refractivity contribution in [1.82, 2.24) is 15.1 Å². The van der Waals surface area contributed by atoms with Gasteiger partial charge in [-0.3, -0.25) is 14.5 Å². The molecule has 3 rings (SSSR count). The Balaban J connectivity index is 1.52. The van der Waals surface area contributed by atoms with Crippen LogP contribution in [0, 0.1) is 0 Å². The third-order valence-corrected chi connectivity index (χ3v) is 4.65. The molecule has 0 atom stereocenters. The molecule has 2 amide bonds. The summed E-state index contributed by atoms with van der Waals surface area (Å²) >= 11 is 0. The highest BCUT2D eigenvalue weighted by Gasteiger charge is 2.23. The fourth-order valence-corrected chi connectivity index (χ4v) is 3.17. The van der Waals surface area contributed by atoms with Crippen LogP contribution in [0.3, 0.4) is 0 Å². The molecule has 0 unspecified atom stereocenters. The lowest BCUT2D eigenvalue weighted by molar-refractivity contribution is -0.122. The minimum Gasteiger partial charge on any atom is -0.383 e. The number of ether oxygens (including phenoxy) is 1. The molecule has 26 heavy (non-hydrogen) atoms. The monoisotopic (exact) mass is 355 g/mol. The van der Waals surface area contributed by atoms with E-state index in [9.17, 15) is 9.59 Å². The summed E-state index contributed by atoms with van der Waals surface area (Å²) in [5, 5.41) is 5.03. The molecule has 0 aromatic heterocycles. The number of amides is 2. The van der Waals surface area contributed by atoms with Crippen molar-refractivity contribution in [1.29, 1.82) is 0 Å². The van der Waals surface area contributed by atoms with Gasteiger partial charge in [0.2, 0.25) is 5.91 Å². The first-order valence-electron chi connectivity index (χ1n) is 8.93. The molecule has 6 heteroatoms. The van der Waals surface area contributed by atoms with Gasteiger partial charge in [-0.15, -0.1) is 0 Å². The second kappa shape index (κ2) is 8.78. The summed E-state index contributed by atoms with van der Waals surface area (Å²) in [4.78, 5) is 28.6. The smallest absolute Gasteiger partial charge is 0.253 e. The van der Waals surface area contributed by atoms with Crippen molar-refractivity contribution < 1.29 is 14.3 Å². The third-order valence-electron chi connectivity index (χ3n) is 4.65. The molecule has 2 aromatic rings. The van der Waals surface area contributed by atoms with Crippen LogP contribution in [-0.4, -0.2) is 74.6 Å². The minimum absolute atomic E-state index is 0.00337. The number of hydrogen-bond donors (Lipinski definition) is 1. The number of piperazine rings is 1. The molecule has 2 aromatic carbocycles. The Hall–Kier alpha value is -2.44. The zero-order chi connectivity index (χ0) is 18.4. The summed E-state index contributed by atoms with van der Waals surface area (Å²) in [6.45, 7) is 4.08. The Bertz CT molecular complexity index is 770. The Kier molecular flexibility index (Phi) is 6.20. The molecule has 1 saturated heterocycles. The lowest BCUT2D eigenvalue weighted by Crippen LogP contribution is -2.51. The van der Waals surface area contributed by atoms with Crippen LogP contribution in [0.15, 0.2) is 42.5 Å². The number of rotatable bonds is 6. The van der Waals surface area contributed by atoms with Gasteiger partial charge in [0.15, 0.2) is 0 Å². The van der Waals surface area contributed by atoms with Gasteiger partial charge < -0.3 is 15.0 Å². The minimum atomic E-state index is -0.00337. The molecule has 1 aliphatic heterocycles. The van der Waals surface area contributed by atoms with E-state index in [-0.39, 0.29) is 11.8 Å². The number of hydrogen-bond acceptors (Lipinski definition) is 4. The van der Waals surface area contributed by atoms with Gasteiger partial charge in [0.1, 0.15) is 0 Å². The van der Waals surface area contributed by atoms with Crippen LogP contribution < -0.4 is 5.32 Å². The average molecular weight is 355 g/mol. The maximum absolute atomic E-state index is 12.8. The van der Waals surface area contributed by atoms with E-state index in [1.165, 1.54) is 0 Å².